The maximum absolute atomic E-state index is 14.4. The molecule has 1 N–H and O–H groups in total. The quantitative estimate of drug-likeness (QED) is 0.203. The highest BCUT2D eigenvalue weighted by Crippen LogP contribution is 2.25. The first-order valence-electron chi connectivity index (χ1n) is 14.6. The van der Waals surface area contributed by atoms with Gasteiger partial charge in [0.1, 0.15) is 18.4 Å². The van der Waals surface area contributed by atoms with Crippen molar-refractivity contribution in [1.29, 1.82) is 0 Å². The third kappa shape index (κ3) is 8.32. The van der Waals surface area contributed by atoms with Gasteiger partial charge in [0.25, 0.3) is 10.0 Å². The molecule has 2 atom stereocenters. The van der Waals surface area contributed by atoms with E-state index in [-0.39, 0.29) is 35.5 Å². The second-order valence-corrected chi connectivity index (χ2v) is 12.7. The van der Waals surface area contributed by atoms with Gasteiger partial charge in [-0.3, -0.25) is 13.9 Å². The Labute approximate surface area is 259 Å². The van der Waals surface area contributed by atoms with Crippen molar-refractivity contribution in [1.82, 2.24) is 10.2 Å². The van der Waals surface area contributed by atoms with Crippen LogP contribution in [0.5, 0.6) is 0 Å². The van der Waals surface area contributed by atoms with E-state index in [4.69, 9.17) is 0 Å². The first kappa shape index (κ1) is 32.4. The zero-order valence-electron chi connectivity index (χ0n) is 25.2. The maximum Gasteiger partial charge on any atom is 0.264 e. The Morgan fingerprint density at radius 3 is 2.00 bits per heavy atom. The van der Waals surface area contributed by atoms with Gasteiger partial charge >= 0.3 is 0 Å². The van der Waals surface area contributed by atoms with Gasteiger partial charge in [0, 0.05) is 19.0 Å². The molecular weight excluding hydrogens is 577 g/mol. The lowest BCUT2D eigenvalue weighted by atomic mass is 10.0. The fraction of sp³-hybridized carbons (Fsp3) is 0.257. The number of nitrogens with one attached hydrogen (secondary N) is 1. The van der Waals surface area contributed by atoms with Crippen LogP contribution in [0.2, 0.25) is 0 Å². The summed E-state index contributed by atoms with van der Waals surface area (Å²) >= 11 is 0. The molecular formula is C35H38FN3O4S. The van der Waals surface area contributed by atoms with E-state index in [1.54, 1.807) is 18.2 Å². The summed E-state index contributed by atoms with van der Waals surface area (Å²) in [6.45, 7) is 5.29. The lowest BCUT2D eigenvalue weighted by Gasteiger charge is -2.34. The van der Waals surface area contributed by atoms with Crippen molar-refractivity contribution in [3.05, 3.63) is 132 Å². The van der Waals surface area contributed by atoms with Crippen molar-refractivity contribution >= 4 is 27.5 Å². The van der Waals surface area contributed by atoms with E-state index < -0.39 is 34.3 Å². The molecule has 0 aliphatic carbocycles. The number of rotatable bonds is 13. The van der Waals surface area contributed by atoms with Crippen molar-refractivity contribution in [2.24, 2.45) is 0 Å². The standard InChI is InChI=1S/C35H38FN3O4S/c1-4-27(3)37-35(41)33(23-28-11-7-5-8-12-28)38(24-29-17-15-26(2)16-18-29)34(40)25-39(31-21-19-30(36)20-22-31)44(42,43)32-13-9-6-10-14-32/h5-22,27,33H,4,23-25H2,1-3H3,(H,37,41)/t27-,33-/m1/s1. The average molecular weight is 616 g/mol. The molecule has 0 aliphatic heterocycles. The number of carbonyl (C=O) groups excluding carboxylic acids is 2. The van der Waals surface area contributed by atoms with E-state index in [1.165, 1.54) is 29.2 Å². The Morgan fingerprint density at radius 2 is 1.41 bits per heavy atom. The van der Waals surface area contributed by atoms with E-state index in [1.807, 2.05) is 75.4 Å². The van der Waals surface area contributed by atoms with Crippen LogP contribution in [-0.2, 0) is 32.6 Å². The molecule has 7 nitrogen and oxygen atoms in total. The van der Waals surface area contributed by atoms with Gasteiger partial charge in [-0.2, -0.15) is 0 Å². The number of aryl methyl sites for hydroxylation is 1. The van der Waals surface area contributed by atoms with Gasteiger partial charge in [-0.1, -0.05) is 85.3 Å². The Bertz CT molecular complexity index is 1630. The van der Waals surface area contributed by atoms with E-state index >= 15 is 0 Å². The van der Waals surface area contributed by atoms with Crippen LogP contribution in [0.4, 0.5) is 10.1 Å². The maximum atomic E-state index is 14.4. The van der Waals surface area contributed by atoms with E-state index in [2.05, 4.69) is 5.32 Å². The molecule has 0 radical (unpaired) electrons. The van der Waals surface area contributed by atoms with Crippen molar-refractivity contribution in [3.8, 4) is 0 Å². The van der Waals surface area contributed by atoms with Crippen molar-refractivity contribution in [3.63, 3.8) is 0 Å². The Morgan fingerprint density at radius 1 is 0.818 bits per heavy atom. The molecule has 2 amide bonds. The fourth-order valence-corrected chi connectivity index (χ4v) is 6.18. The van der Waals surface area contributed by atoms with Crippen LogP contribution in [0.3, 0.4) is 0 Å². The summed E-state index contributed by atoms with van der Waals surface area (Å²) in [4.78, 5) is 29.7. The summed E-state index contributed by atoms with van der Waals surface area (Å²) < 4.78 is 42.7. The number of hydrogen-bond acceptors (Lipinski definition) is 4. The predicted molar refractivity (Wildman–Crippen MR) is 171 cm³/mol. The number of hydrogen-bond donors (Lipinski definition) is 1. The van der Waals surface area contributed by atoms with Gasteiger partial charge in [0.15, 0.2) is 0 Å². The molecule has 0 saturated heterocycles. The molecule has 4 aromatic rings. The summed E-state index contributed by atoms with van der Waals surface area (Å²) in [7, 11) is -4.24. The molecule has 0 aromatic heterocycles. The number of anilines is 1. The normalized spacial score (nSPS) is 12.6. The molecule has 0 aliphatic rings. The number of nitrogens with zero attached hydrogens (tertiary/aromatic N) is 2. The minimum absolute atomic E-state index is 0.0161. The lowest BCUT2D eigenvalue weighted by Crippen LogP contribution is -2.54. The van der Waals surface area contributed by atoms with Crippen LogP contribution in [0.15, 0.2) is 114 Å². The number of carbonyl (C=O) groups is 2. The minimum Gasteiger partial charge on any atom is -0.352 e. The molecule has 44 heavy (non-hydrogen) atoms. The number of halogens is 1. The third-order valence-corrected chi connectivity index (χ3v) is 9.26. The molecule has 0 saturated carbocycles. The smallest absolute Gasteiger partial charge is 0.264 e. The zero-order valence-corrected chi connectivity index (χ0v) is 26.0. The number of sulfonamides is 1. The monoisotopic (exact) mass is 615 g/mol. The Balaban J connectivity index is 1.79. The van der Waals surface area contributed by atoms with Gasteiger partial charge in [-0.25, -0.2) is 12.8 Å². The highest BCUT2D eigenvalue weighted by molar-refractivity contribution is 7.92. The highest BCUT2D eigenvalue weighted by Gasteiger charge is 2.35. The van der Waals surface area contributed by atoms with E-state index in [0.717, 1.165) is 33.1 Å². The summed E-state index contributed by atoms with van der Waals surface area (Å²) in [5.41, 5.74) is 2.81. The lowest BCUT2D eigenvalue weighted by molar-refractivity contribution is -0.140. The Hall–Kier alpha value is -4.50. The first-order valence-corrected chi connectivity index (χ1v) is 16.0. The molecule has 4 rings (SSSR count). The Kier molecular flexibility index (Phi) is 10.9. The second kappa shape index (κ2) is 14.8. The topological polar surface area (TPSA) is 86.8 Å². The van der Waals surface area contributed by atoms with Crippen LogP contribution in [0.25, 0.3) is 0 Å². The SMILES string of the molecule is CC[C@@H](C)NC(=O)[C@@H](Cc1ccccc1)N(Cc1ccc(C)cc1)C(=O)CN(c1ccc(F)cc1)S(=O)(=O)c1ccccc1. The van der Waals surface area contributed by atoms with Crippen molar-refractivity contribution < 1.29 is 22.4 Å². The molecule has 0 unspecified atom stereocenters. The molecule has 9 heteroatoms. The summed E-state index contributed by atoms with van der Waals surface area (Å²) in [6, 6.07) is 28.7. The van der Waals surface area contributed by atoms with Gasteiger partial charge in [0.05, 0.1) is 10.6 Å². The van der Waals surface area contributed by atoms with Gasteiger partial charge in [-0.15, -0.1) is 0 Å². The van der Waals surface area contributed by atoms with E-state index in [0.29, 0.717) is 6.42 Å². The summed E-state index contributed by atoms with van der Waals surface area (Å²) in [5.74, 6) is -1.44. The van der Waals surface area contributed by atoms with Crippen molar-refractivity contribution in [2.45, 2.75) is 57.1 Å². The first-order chi connectivity index (χ1) is 21.1. The van der Waals surface area contributed by atoms with Gasteiger partial charge in [0.2, 0.25) is 11.8 Å². The van der Waals surface area contributed by atoms with Gasteiger partial charge < -0.3 is 10.2 Å². The fourth-order valence-electron chi connectivity index (χ4n) is 4.74. The molecule has 0 heterocycles. The van der Waals surface area contributed by atoms with Gasteiger partial charge in [-0.05, 0) is 67.8 Å². The average Bonchev–Trinajstić information content (AvgIpc) is 3.03. The van der Waals surface area contributed by atoms with Crippen LogP contribution in [0, 0.1) is 12.7 Å². The second-order valence-electron chi connectivity index (χ2n) is 10.8. The minimum atomic E-state index is -4.24. The zero-order chi connectivity index (χ0) is 31.7. The third-order valence-electron chi connectivity index (χ3n) is 7.47. The van der Waals surface area contributed by atoms with Crippen molar-refractivity contribution in [2.75, 3.05) is 10.8 Å². The van der Waals surface area contributed by atoms with Crippen LogP contribution < -0.4 is 9.62 Å². The van der Waals surface area contributed by atoms with Crippen LogP contribution >= 0.6 is 0 Å². The highest BCUT2D eigenvalue weighted by atomic mass is 32.2. The van der Waals surface area contributed by atoms with E-state index in [9.17, 15) is 22.4 Å². The number of amides is 2. The molecule has 0 spiro atoms. The van der Waals surface area contributed by atoms with Crippen LogP contribution in [-0.4, -0.2) is 43.8 Å². The molecule has 0 bridgehead atoms. The number of benzene rings is 4. The summed E-state index contributed by atoms with van der Waals surface area (Å²) in [5, 5.41) is 3.02. The summed E-state index contributed by atoms with van der Waals surface area (Å²) in [6.07, 6.45) is 0.923. The molecule has 0 fully saturated rings. The predicted octanol–water partition coefficient (Wildman–Crippen LogP) is 5.88. The molecule has 4 aromatic carbocycles. The molecule has 230 valence electrons. The largest absolute Gasteiger partial charge is 0.352 e. The van der Waals surface area contributed by atoms with Crippen LogP contribution in [0.1, 0.15) is 37.0 Å².